The number of aromatic amines is 1. The lowest BCUT2D eigenvalue weighted by molar-refractivity contribution is 0.316. The number of anilines is 1. The van der Waals surface area contributed by atoms with Crippen LogP contribution in [-0.4, -0.2) is 34.1 Å². The fraction of sp³-hybridized carbons (Fsp3) is 0.444. The minimum absolute atomic E-state index is 0.0908. The largest absolute Gasteiger partial charge is 0.409 e. The van der Waals surface area contributed by atoms with Crippen LogP contribution in [0.5, 0.6) is 0 Å². The highest BCUT2D eigenvalue weighted by molar-refractivity contribution is 5.80. The maximum Gasteiger partial charge on any atom is 0.290 e. The molecule has 4 N–H and O–H groups in total. The van der Waals surface area contributed by atoms with Crippen molar-refractivity contribution in [1.29, 1.82) is 0 Å². The van der Waals surface area contributed by atoms with Crippen LogP contribution in [0.1, 0.15) is 13.3 Å². The van der Waals surface area contributed by atoms with Crippen LogP contribution in [-0.2, 0) is 0 Å². The average molecular weight is 225 g/mol. The summed E-state index contributed by atoms with van der Waals surface area (Å²) in [5, 5.41) is 11.3. The van der Waals surface area contributed by atoms with Crippen LogP contribution in [0.25, 0.3) is 0 Å². The van der Waals surface area contributed by atoms with Gasteiger partial charge in [-0.15, -0.1) is 0 Å². The fourth-order valence-corrected chi connectivity index (χ4v) is 1.28. The highest BCUT2D eigenvalue weighted by Gasteiger charge is 2.15. The third-order valence-corrected chi connectivity index (χ3v) is 2.32. The topological polar surface area (TPSA) is 108 Å². The number of rotatable bonds is 4. The van der Waals surface area contributed by atoms with Crippen molar-refractivity contribution in [2.45, 2.75) is 19.4 Å². The van der Waals surface area contributed by atoms with Crippen LogP contribution in [0.4, 0.5) is 5.82 Å². The SMILES string of the molecule is CC(C/C(N)=N/O)N(C)c1ncc[nH]c1=O. The van der Waals surface area contributed by atoms with E-state index in [1.54, 1.807) is 11.9 Å². The number of nitrogens with two attached hydrogens (primary N) is 1. The minimum Gasteiger partial charge on any atom is -0.409 e. The normalized spacial score (nSPS) is 13.5. The monoisotopic (exact) mass is 225 g/mol. The molecule has 1 atom stereocenters. The van der Waals surface area contributed by atoms with E-state index >= 15 is 0 Å². The van der Waals surface area contributed by atoms with Crippen molar-refractivity contribution in [3.8, 4) is 0 Å². The third kappa shape index (κ3) is 2.72. The number of aromatic nitrogens is 2. The lowest BCUT2D eigenvalue weighted by Crippen LogP contribution is -2.37. The Hall–Kier alpha value is -2.05. The maximum absolute atomic E-state index is 11.4. The molecule has 0 aliphatic heterocycles. The van der Waals surface area contributed by atoms with Gasteiger partial charge in [-0.1, -0.05) is 5.16 Å². The molecule has 1 rings (SSSR count). The molecule has 16 heavy (non-hydrogen) atoms. The van der Waals surface area contributed by atoms with Gasteiger partial charge >= 0.3 is 0 Å². The van der Waals surface area contributed by atoms with E-state index in [9.17, 15) is 4.79 Å². The van der Waals surface area contributed by atoms with Crippen molar-refractivity contribution in [3.05, 3.63) is 22.7 Å². The van der Waals surface area contributed by atoms with Crippen molar-refractivity contribution >= 4 is 11.7 Å². The molecular formula is C9H15N5O2. The lowest BCUT2D eigenvalue weighted by Gasteiger charge is -2.24. The van der Waals surface area contributed by atoms with Crippen LogP contribution in [0, 0.1) is 0 Å². The standard InChI is InChI=1S/C9H15N5O2/c1-6(5-7(10)13-16)14(2)8-9(15)12-4-3-11-8/h3-4,6,16H,5H2,1-2H3,(H2,10,13)(H,12,15). The van der Waals surface area contributed by atoms with Crippen molar-refractivity contribution < 1.29 is 5.21 Å². The fourth-order valence-electron chi connectivity index (χ4n) is 1.28. The van der Waals surface area contributed by atoms with Gasteiger partial charge in [0, 0.05) is 31.9 Å². The second-order valence-corrected chi connectivity index (χ2v) is 3.50. The molecule has 0 saturated carbocycles. The van der Waals surface area contributed by atoms with Gasteiger partial charge < -0.3 is 20.8 Å². The number of oxime groups is 1. The molecule has 7 heteroatoms. The van der Waals surface area contributed by atoms with Crippen molar-refractivity contribution in [2.24, 2.45) is 10.9 Å². The van der Waals surface area contributed by atoms with Gasteiger partial charge in [0.1, 0.15) is 5.84 Å². The number of H-pyrrole nitrogens is 1. The molecule has 0 aliphatic carbocycles. The molecule has 7 nitrogen and oxygen atoms in total. The Morgan fingerprint density at radius 3 is 3.06 bits per heavy atom. The number of hydrogen-bond acceptors (Lipinski definition) is 5. The number of nitrogens with zero attached hydrogens (tertiary/aromatic N) is 3. The average Bonchev–Trinajstić information content (AvgIpc) is 2.28. The summed E-state index contributed by atoms with van der Waals surface area (Å²) < 4.78 is 0. The Morgan fingerprint density at radius 1 is 1.81 bits per heavy atom. The zero-order chi connectivity index (χ0) is 12.1. The van der Waals surface area contributed by atoms with Crippen LogP contribution in [0.2, 0.25) is 0 Å². The van der Waals surface area contributed by atoms with Gasteiger partial charge in [-0.25, -0.2) is 4.98 Å². The summed E-state index contributed by atoms with van der Waals surface area (Å²) in [6.45, 7) is 1.85. The highest BCUT2D eigenvalue weighted by atomic mass is 16.4. The van der Waals surface area contributed by atoms with Crippen LogP contribution < -0.4 is 16.2 Å². The van der Waals surface area contributed by atoms with Gasteiger partial charge in [-0.3, -0.25) is 4.79 Å². The first kappa shape index (κ1) is 12.0. The molecule has 0 spiro atoms. The molecule has 0 aliphatic rings. The highest BCUT2D eigenvalue weighted by Crippen LogP contribution is 2.07. The molecule has 88 valence electrons. The minimum atomic E-state index is -0.267. The Labute approximate surface area is 92.6 Å². The summed E-state index contributed by atoms with van der Waals surface area (Å²) in [5.74, 6) is 0.424. The van der Waals surface area contributed by atoms with Crippen molar-refractivity contribution in [2.75, 3.05) is 11.9 Å². The summed E-state index contributed by atoms with van der Waals surface area (Å²) in [5.41, 5.74) is 5.13. The van der Waals surface area contributed by atoms with E-state index in [1.165, 1.54) is 12.4 Å². The molecule has 0 saturated heterocycles. The van der Waals surface area contributed by atoms with E-state index in [0.717, 1.165) is 0 Å². The van der Waals surface area contributed by atoms with Gasteiger partial charge in [-0.2, -0.15) is 0 Å². The molecule has 0 bridgehead atoms. The molecular weight excluding hydrogens is 210 g/mol. The van der Waals surface area contributed by atoms with Gasteiger partial charge in [0.25, 0.3) is 5.56 Å². The maximum atomic E-state index is 11.4. The molecule has 0 amide bonds. The van der Waals surface area contributed by atoms with E-state index in [-0.39, 0.29) is 17.4 Å². The molecule has 1 unspecified atom stereocenters. The first-order valence-corrected chi connectivity index (χ1v) is 4.79. The van der Waals surface area contributed by atoms with Gasteiger partial charge in [0.2, 0.25) is 0 Å². The van der Waals surface area contributed by atoms with E-state index in [2.05, 4.69) is 15.1 Å². The van der Waals surface area contributed by atoms with Crippen molar-refractivity contribution in [1.82, 2.24) is 9.97 Å². The molecule has 1 aromatic rings. The Bertz CT molecular complexity index is 428. The number of hydrogen-bond donors (Lipinski definition) is 3. The molecule has 1 heterocycles. The predicted molar refractivity (Wildman–Crippen MR) is 60.7 cm³/mol. The lowest BCUT2D eigenvalue weighted by atomic mass is 10.2. The molecule has 0 aromatic carbocycles. The van der Waals surface area contributed by atoms with Crippen molar-refractivity contribution in [3.63, 3.8) is 0 Å². The first-order chi connectivity index (χ1) is 7.56. The Kier molecular flexibility index (Phi) is 3.87. The predicted octanol–water partition coefficient (Wildman–Crippen LogP) is -0.269. The van der Waals surface area contributed by atoms with E-state index in [4.69, 9.17) is 10.9 Å². The Morgan fingerprint density at radius 2 is 2.50 bits per heavy atom. The molecule has 0 radical (unpaired) electrons. The van der Waals surface area contributed by atoms with Crippen LogP contribution in [0.3, 0.4) is 0 Å². The molecule has 1 aromatic heterocycles. The van der Waals surface area contributed by atoms with E-state index in [0.29, 0.717) is 12.2 Å². The summed E-state index contributed by atoms with van der Waals surface area (Å²) >= 11 is 0. The van der Waals surface area contributed by atoms with Gasteiger partial charge in [0.15, 0.2) is 5.82 Å². The summed E-state index contributed by atoms with van der Waals surface area (Å²) in [7, 11) is 1.73. The smallest absolute Gasteiger partial charge is 0.290 e. The number of nitrogens with one attached hydrogen (secondary N) is 1. The van der Waals surface area contributed by atoms with E-state index in [1.807, 2.05) is 6.92 Å². The summed E-state index contributed by atoms with van der Waals surface area (Å²) in [4.78, 5) is 19.6. The zero-order valence-corrected chi connectivity index (χ0v) is 9.21. The second kappa shape index (κ2) is 5.15. The zero-order valence-electron chi connectivity index (χ0n) is 9.21. The second-order valence-electron chi connectivity index (χ2n) is 3.50. The molecule has 0 fully saturated rings. The number of amidine groups is 1. The van der Waals surface area contributed by atoms with Crippen LogP contribution in [0.15, 0.2) is 22.3 Å². The van der Waals surface area contributed by atoms with Gasteiger partial charge in [-0.05, 0) is 6.92 Å². The van der Waals surface area contributed by atoms with Gasteiger partial charge in [0.05, 0.1) is 0 Å². The van der Waals surface area contributed by atoms with E-state index < -0.39 is 0 Å². The first-order valence-electron chi connectivity index (χ1n) is 4.79. The summed E-state index contributed by atoms with van der Waals surface area (Å²) in [6, 6.07) is -0.0908. The quantitative estimate of drug-likeness (QED) is 0.283. The van der Waals surface area contributed by atoms with Crippen LogP contribution >= 0.6 is 0 Å². The Balaban J connectivity index is 2.82. The third-order valence-electron chi connectivity index (χ3n) is 2.32. The summed E-state index contributed by atoms with van der Waals surface area (Å²) in [6.07, 6.45) is 3.32.